The van der Waals surface area contributed by atoms with Crippen molar-refractivity contribution in [3.8, 4) is 0 Å². The number of carbonyl (C=O) groups excluding carboxylic acids is 1. The lowest BCUT2D eigenvalue weighted by Crippen LogP contribution is -2.36. The van der Waals surface area contributed by atoms with E-state index in [1.165, 1.54) is 24.2 Å². The van der Waals surface area contributed by atoms with E-state index >= 15 is 0 Å². The molecule has 0 spiro atoms. The molecule has 2 N–H and O–H groups in total. The maximum absolute atomic E-state index is 11.8. The first-order valence-electron chi connectivity index (χ1n) is 8.06. The predicted octanol–water partition coefficient (Wildman–Crippen LogP) is 2.11. The van der Waals surface area contributed by atoms with E-state index in [0.29, 0.717) is 25.4 Å². The van der Waals surface area contributed by atoms with Gasteiger partial charge in [-0.2, -0.15) is 9.61 Å². The molecule has 0 radical (unpaired) electrons. The minimum absolute atomic E-state index is 0.166. The van der Waals surface area contributed by atoms with Crippen molar-refractivity contribution in [2.45, 2.75) is 31.7 Å². The lowest BCUT2D eigenvalue weighted by Gasteiger charge is -2.06. The van der Waals surface area contributed by atoms with Crippen LogP contribution in [0.1, 0.15) is 35.2 Å². The molecule has 2 heterocycles. The van der Waals surface area contributed by atoms with Crippen LogP contribution in [-0.4, -0.2) is 32.4 Å². The molecule has 7 nitrogen and oxygen atoms in total. The van der Waals surface area contributed by atoms with Crippen LogP contribution in [0.15, 0.2) is 30.3 Å². The van der Waals surface area contributed by atoms with Gasteiger partial charge in [-0.25, -0.2) is 4.79 Å². The number of carbonyl (C=O) groups is 1. The molecule has 0 aliphatic heterocycles. The van der Waals surface area contributed by atoms with E-state index in [-0.39, 0.29) is 6.03 Å². The molecule has 8 heteroatoms. The number of benzene rings is 1. The third-order valence-corrected chi connectivity index (χ3v) is 4.88. The first-order valence-corrected chi connectivity index (χ1v) is 8.88. The molecule has 0 saturated heterocycles. The fourth-order valence-electron chi connectivity index (χ4n) is 2.49. The Kier molecular flexibility index (Phi) is 4.12. The number of nitrogens with zero attached hydrogens (tertiary/aromatic N) is 4. The molecule has 1 aliphatic carbocycles. The van der Waals surface area contributed by atoms with E-state index in [0.717, 1.165) is 21.4 Å². The fraction of sp³-hybridized carbons (Fsp3) is 0.375. The van der Waals surface area contributed by atoms with Crippen LogP contribution in [0, 0.1) is 0 Å². The van der Waals surface area contributed by atoms with Gasteiger partial charge in [0.05, 0.1) is 0 Å². The van der Waals surface area contributed by atoms with Gasteiger partial charge in [-0.3, -0.25) is 0 Å². The highest BCUT2D eigenvalue weighted by Gasteiger charge is 2.29. The summed E-state index contributed by atoms with van der Waals surface area (Å²) in [6.07, 6.45) is 3.05. The molecular formula is C16H18N6OS. The largest absolute Gasteiger partial charge is 0.338 e. The third kappa shape index (κ3) is 3.38. The zero-order valence-electron chi connectivity index (χ0n) is 13.1. The lowest BCUT2D eigenvalue weighted by atomic mass is 10.2. The lowest BCUT2D eigenvalue weighted by molar-refractivity contribution is 0.240. The average Bonchev–Trinajstić information content (AvgIpc) is 3.24. The van der Waals surface area contributed by atoms with E-state index < -0.39 is 0 Å². The minimum atomic E-state index is -0.166. The Morgan fingerprint density at radius 1 is 1.21 bits per heavy atom. The molecule has 0 unspecified atom stereocenters. The first kappa shape index (κ1) is 15.1. The van der Waals surface area contributed by atoms with Crippen molar-refractivity contribution < 1.29 is 4.79 Å². The number of urea groups is 1. The normalized spacial score (nSPS) is 14.0. The van der Waals surface area contributed by atoms with E-state index in [1.54, 1.807) is 0 Å². The summed E-state index contributed by atoms with van der Waals surface area (Å²) in [5, 5.41) is 19.6. The Morgan fingerprint density at radius 3 is 2.83 bits per heavy atom. The quantitative estimate of drug-likeness (QED) is 0.718. The Bertz CT molecular complexity index is 839. The van der Waals surface area contributed by atoms with Crippen molar-refractivity contribution in [1.82, 2.24) is 30.4 Å². The summed E-state index contributed by atoms with van der Waals surface area (Å²) >= 11 is 1.53. The molecule has 4 rings (SSSR count). The van der Waals surface area contributed by atoms with Gasteiger partial charge < -0.3 is 10.6 Å². The molecule has 3 aromatic rings. The van der Waals surface area contributed by atoms with Gasteiger partial charge in [0, 0.05) is 25.4 Å². The van der Waals surface area contributed by atoms with Crippen molar-refractivity contribution in [3.05, 3.63) is 46.7 Å². The van der Waals surface area contributed by atoms with Crippen LogP contribution in [0.25, 0.3) is 4.96 Å². The number of hydrogen-bond acceptors (Lipinski definition) is 5. The van der Waals surface area contributed by atoms with E-state index in [1.807, 2.05) is 34.8 Å². The monoisotopic (exact) mass is 342 g/mol. The molecule has 0 bridgehead atoms. The Morgan fingerprint density at radius 2 is 2.04 bits per heavy atom. The number of aromatic nitrogens is 4. The first-order chi connectivity index (χ1) is 11.8. The molecule has 1 aliphatic rings. The summed E-state index contributed by atoms with van der Waals surface area (Å²) < 4.78 is 1.85. The fourth-order valence-corrected chi connectivity index (χ4v) is 3.33. The van der Waals surface area contributed by atoms with Crippen LogP contribution in [0.3, 0.4) is 0 Å². The van der Waals surface area contributed by atoms with Crippen molar-refractivity contribution >= 4 is 22.3 Å². The number of fused-ring (bicyclic) bond motifs is 1. The molecule has 2 aromatic heterocycles. The zero-order valence-corrected chi connectivity index (χ0v) is 13.9. The van der Waals surface area contributed by atoms with Crippen molar-refractivity contribution in [2.24, 2.45) is 0 Å². The minimum Gasteiger partial charge on any atom is -0.338 e. The van der Waals surface area contributed by atoms with Crippen molar-refractivity contribution in [3.63, 3.8) is 0 Å². The number of amides is 2. The maximum Gasteiger partial charge on any atom is 0.315 e. The summed E-state index contributed by atoms with van der Waals surface area (Å²) in [6, 6.07) is 9.67. The Hall–Kier alpha value is -2.48. The van der Waals surface area contributed by atoms with Gasteiger partial charge in [-0.15, -0.1) is 10.2 Å². The molecular weight excluding hydrogens is 324 g/mol. The maximum atomic E-state index is 11.8. The molecule has 124 valence electrons. The summed E-state index contributed by atoms with van der Waals surface area (Å²) in [4.78, 5) is 12.6. The van der Waals surface area contributed by atoms with Gasteiger partial charge in [0.25, 0.3) is 0 Å². The number of rotatable bonds is 6. The van der Waals surface area contributed by atoms with Gasteiger partial charge in [0.1, 0.15) is 5.01 Å². The summed E-state index contributed by atoms with van der Waals surface area (Å²) in [7, 11) is 0. The van der Waals surface area contributed by atoms with Crippen LogP contribution < -0.4 is 10.6 Å². The molecule has 1 fully saturated rings. The topological polar surface area (TPSA) is 84.2 Å². The summed E-state index contributed by atoms with van der Waals surface area (Å²) in [5.74, 6) is 1.50. The standard InChI is InChI=1S/C16H18N6OS/c23-15(18-10-11-4-2-1-3-5-11)17-9-8-13-21-22-14(12-6-7-12)19-20-16(22)24-13/h1-5,12H,6-10H2,(H2,17,18,23). The van der Waals surface area contributed by atoms with E-state index in [2.05, 4.69) is 25.9 Å². The van der Waals surface area contributed by atoms with Crippen LogP contribution in [0.2, 0.25) is 0 Å². The van der Waals surface area contributed by atoms with E-state index in [4.69, 9.17) is 0 Å². The SMILES string of the molecule is O=C(NCCc1nn2c(C3CC3)nnc2s1)NCc1ccccc1. The Labute approximate surface area is 143 Å². The van der Waals surface area contributed by atoms with Gasteiger partial charge in [0.2, 0.25) is 4.96 Å². The van der Waals surface area contributed by atoms with Gasteiger partial charge in [-0.1, -0.05) is 41.7 Å². The van der Waals surface area contributed by atoms with E-state index in [9.17, 15) is 4.79 Å². The van der Waals surface area contributed by atoms with Gasteiger partial charge in [0.15, 0.2) is 5.82 Å². The highest BCUT2D eigenvalue weighted by molar-refractivity contribution is 7.16. The van der Waals surface area contributed by atoms with Crippen LogP contribution in [0.4, 0.5) is 4.79 Å². The third-order valence-electron chi connectivity index (χ3n) is 3.92. The molecule has 1 aromatic carbocycles. The summed E-state index contributed by atoms with van der Waals surface area (Å²) in [6.45, 7) is 1.07. The van der Waals surface area contributed by atoms with Crippen LogP contribution in [0.5, 0.6) is 0 Å². The second-order valence-electron chi connectivity index (χ2n) is 5.87. The van der Waals surface area contributed by atoms with Crippen molar-refractivity contribution in [1.29, 1.82) is 0 Å². The van der Waals surface area contributed by atoms with Crippen LogP contribution in [-0.2, 0) is 13.0 Å². The summed E-state index contributed by atoms with van der Waals surface area (Å²) in [5.41, 5.74) is 1.08. The molecule has 24 heavy (non-hydrogen) atoms. The molecule has 2 amide bonds. The highest BCUT2D eigenvalue weighted by atomic mass is 32.1. The average molecular weight is 342 g/mol. The second kappa shape index (κ2) is 6.56. The zero-order chi connectivity index (χ0) is 16.4. The molecule has 0 atom stereocenters. The second-order valence-corrected chi connectivity index (χ2v) is 6.91. The molecule has 1 saturated carbocycles. The van der Waals surface area contributed by atoms with Gasteiger partial charge in [-0.05, 0) is 18.4 Å². The number of hydrogen-bond donors (Lipinski definition) is 2. The predicted molar refractivity (Wildman–Crippen MR) is 91.0 cm³/mol. The Balaban J connectivity index is 1.25. The smallest absolute Gasteiger partial charge is 0.315 e. The highest BCUT2D eigenvalue weighted by Crippen LogP contribution is 2.39. The van der Waals surface area contributed by atoms with Gasteiger partial charge >= 0.3 is 6.03 Å². The van der Waals surface area contributed by atoms with Crippen LogP contribution >= 0.6 is 11.3 Å². The van der Waals surface area contributed by atoms with Crippen molar-refractivity contribution in [2.75, 3.05) is 6.54 Å². The number of nitrogens with one attached hydrogen (secondary N) is 2.